The van der Waals surface area contributed by atoms with Gasteiger partial charge in [0.2, 0.25) is 0 Å². The largest absolute Gasteiger partial charge is 0.372 e. The Morgan fingerprint density at radius 2 is 1.76 bits per heavy atom. The third kappa shape index (κ3) is 2.80. The van der Waals surface area contributed by atoms with Crippen molar-refractivity contribution in [3.05, 3.63) is 39.7 Å². The van der Waals surface area contributed by atoms with E-state index in [9.17, 15) is 4.79 Å². The molecule has 114 valence electrons. The molecule has 1 N–H and O–H groups in total. The summed E-state index contributed by atoms with van der Waals surface area (Å²) in [5.74, 6) is 0. The predicted molar refractivity (Wildman–Crippen MR) is 92.0 cm³/mol. The number of hydrogen-bond acceptors (Lipinski definition) is 2. The molecule has 1 heterocycles. The zero-order chi connectivity index (χ0) is 14.1. The second kappa shape index (κ2) is 6.52. The van der Waals surface area contributed by atoms with Gasteiger partial charge in [-0.15, -0.1) is 12.4 Å². The number of pyridine rings is 1. The number of nitrogens with one attached hydrogen (secondary N) is 1. The molecule has 0 aliphatic heterocycles. The average molecular weight is 307 g/mol. The first kappa shape index (κ1) is 15.9. The third-order valence-electron chi connectivity index (χ3n) is 4.45. The van der Waals surface area contributed by atoms with E-state index in [2.05, 4.69) is 41.9 Å². The lowest BCUT2D eigenvalue weighted by molar-refractivity contribution is 0.682. The molecule has 0 spiro atoms. The number of hydrogen-bond donors (Lipinski definition) is 1. The number of aromatic nitrogens is 1. The Bertz CT molecular complexity index is 689. The molecular formula is C17H23ClN2O. The van der Waals surface area contributed by atoms with Crippen molar-refractivity contribution in [2.24, 2.45) is 0 Å². The highest BCUT2D eigenvalue weighted by Crippen LogP contribution is 2.28. The zero-order valence-corrected chi connectivity index (χ0v) is 13.6. The van der Waals surface area contributed by atoms with Crippen molar-refractivity contribution in [1.82, 2.24) is 4.98 Å². The molecule has 21 heavy (non-hydrogen) atoms. The Balaban J connectivity index is 0.00000161. The van der Waals surface area contributed by atoms with Crippen LogP contribution in [0.5, 0.6) is 0 Å². The summed E-state index contributed by atoms with van der Waals surface area (Å²) in [6.45, 7) is 6.28. The third-order valence-corrected chi connectivity index (χ3v) is 4.45. The van der Waals surface area contributed by atoms with Gasteiger partial charge < -0.3 is 9.88 Å². The molecule has 3 rings (SSSR count). The normalized spacial score (nSPS) is 13.6. The van der Waals surface area contributed by atoms with Gasteiger partial charge in [-0.2, -0.15) is 0 Å². The lowest BCUT2D eigenvalue weighted by atomic mass is 9.90. The first-order valence-electron chi connectivity index (χ1n) is 7.67. The van der Waals surface area contributed by atoms with Gasteiger partial charge in [-0.1, -0.05) is 6.07 Å². The standard InChI is InChI=1S/C17H22N2O.ClH/c1-3-19(4-2)12-9-10-14-13-7-5-6-8-15(13)17(20)18-16(14)11-12;/h9-11H,3-8H2,1-2H3,(H,18,20);1H. The summed E-state index contributed by atoms with van der Waals surface area (Å²) in [6.07, 6.45) is 4.31. The smallest absolute Gasteiger partial charge is 0.251 e. The van der Waals surface area contributed by atoms with E-state index in [1.54, 1.807) is 0 Å². The van der Waals surface area contributed by atoms with Crippen LogP contribution < -0.4 is 10.5 Å². The Morgan fingerprint density at radius 1 is 1.10 bits per heavy atom. The summed E-state index contributed by atoms with van der Waals surface area (Å²) in [7, 11) is 0. The summed E-state index contributed by atoms with van der Waals surface area (Å²) < 4.78 is 0. The van der Waals surface area contributed by atoms with Gasteiger partial charge in [-0.05, 0) is 57.2 Å². The molecule has 0 saturated heterocycles. The average Bonchev–Trinajstić information content (AvgIpc) is 2.49. The molecule has 1 aromatic heterocycles. The number of H-pyrrole nitrogens is 1. The molecule has 4 heteroatoms. The number of anilines is 1. The maximum absolute atomic E-state index is 12.2. The van der Waals surface area contributed by atoms with Gasteiger partial charge in [-0.3, -0.25) is 4.79 Å². The number of aromatic amines is 1. The van der Waals surface area contributed by atoms with Crippen LogP contribution in [0.1, 0.15) is 37.8 Å². The van der Waals surface area contributed by atoms with Gasteiger partial charge in [0.15, 0.2) is 0 Å². The maximum atomic E-state index is 12.2. The monoisotopic (exact) mass is 306 g/mol. The van der Waals surface area contributed by atoms with Crippen molar-refractivity contribution in [1.29, 1.82) is 0 Å². The summed E-state index contributed by atoms with van der Waals surface area (Å²) in [4.78, 5) is 17.6. The van der Waals surface area contributed by atoms with Crippen LogP contribution in [0.4, 0.5) is 5.69 Å². The van der Waals surface area contributed by atoms with Crippen molar-refractivity contribution in [3.8, 4) is 0 Å². The Morgan fingerprint density at radius 3 is 2.43 bits per heavy atom. The zero-order valence-electron chi connectivity index (χ0n) is 12.7. The van der Waals surface area contributed by atoms with Crippen molar-refractivity contribution in [3.63, 3.8) is 0 Å². The number of rotatable bonds is 3. The van der Waals surface area contributed by atoms with Crippen LogP contribution in [0.25, 0.3) is 10.9 Å². The lowest BCUT2D eigenvalue weighted by Crippen LogP contribution is -2.22. The first-order valence-corrected chi connectivity index (χ1v) is 7.67. The van der Waals surface area contributed by atoms with Crippen LogP contribution in [0, 0.1) is 0 Å². The Labute approximate surface area is 131 Å². The summed E-state index contributed by atoms with van der Waals surface area (Å²) in [5, 5.41) is 1.23. The molecule has 0 radical (unpaired) electrons. The van der Waals surface area contributed by atoms with Crippen LogP contribution in [-0.4, -0.2) is 18.1 Å². The molecule has 0 amide bonds. The molecule has 2 aromatic rings. The van der Waals surface area contributed by atoms with E-state index in [1.807, 2.05) is 0 Å². The second-order valence-electron chi connectivity index (χ2n) is 5.52. The molecule has 0 bridgehead atoms. The first-order chi connectivity index (χ1) is 9.74. The number of halogens is 1. The topological polar surface area (TPSA) is 36.1 Å². The van der Waals surface area contributed by atoms with Gasteiger partial charge >= 0.3 is 0 Å². The van der Waals surface area contributed by atoms with E-state index in [1.165, 1.54) is 23.1 Å². The van der Waals surface area contributed by atoms with Crippen molar-refractivity contribution < 1.29 is 0 Å². The van der Waals surface area contributed by atoms with Crippen LogP contribution in [-0.2, 0) is 12.8 Å². The van der Waals surface area contributed by atoms with Gasteiger partial charge in [0.05, 0.1) is 5.52 Å². The van der Waals surface area contributed by atoms with Crippen molar-refractivity contribution in [2.75, 3.05) is 18.0 Å². The SMILES string of the molecule is CCN(CC)c1ccc2c3c(c(=O)[nH]c2c1)CCCC3.Cl. The quantitative estimate of drug-likeness (QED) is 0.939. The lowest BCUT2D eigenvalue weighted by Gasteiger charge is -2.22. The summed E-state index contributed by atoms with van der Waals surface area (Å²) >= 11 is 0. The molecule has 1 aliphatic carbocycles. The van der Waals surface area contributed by atoms with Crippen molar-refractivity contribution >= 4 is 29.0 Å². The van der Waals surface area contributed by atoms with Crippen LogP contribution in [0.2, 0.25) is 0 Å². The van der Waals surface area contributed by atoms with E-state index in [0.29, 0.717) is 0 Å². The molecule has 0 unspecified atom stereocenters. The molecule has 1 aromatic carbocycles. The maximum Gasteiger partial charge on any atom is 0.251 e. The second-order valence-corrected chi connectivity index (χ2v) is 5.52. The number of aryl methyl sites for hydroxylation is 1. The summed E-state index contributed by atoms with van der Waals surface area (Å²) in [5.41, 5.74) is 4.58. The fourth-order valence-corrected chi connectivity index (χ4v) is 3.34. The Hall–Kier alpha value is -1.48. The number of nitrogens with zero attached hydrogens (tertiary/aromatic N) is 1. The highest BCUT2D eigenvalue weighted by molar-refractivity contribution is 5.86. The number of benzene rings is 1. The highest BCUT2D eigenvalue weighted by Gasteiger charge is 2.16. The minimum atomic E-state index is 0. The minimum Gasteiger partial charge on any atom is -0.372 e. The molecule has 0 atom stereocenters. The predicted octanol–water partition coefficient (Wildman–Crippen LogP) is 3.67. The fourth-order valence-electron chi connectivity index (χ4n) is 3.34. The fraction of sp³-hybridized carbons (Fsp3) is 0.471. The highest BCUT2D eigenvalue weighted by atomic mass is 35.5. The van der Waals surface area contributed by atoms with Crippen molar-refractivity contribution in [2.45, 2.75) is 39.5 Å². The van der Waals surface area contributed by atoms with Crippen LogP contribution >= 0.6 is 12.4 Å². The van der Waals surface area contributed by atoms with Gasteiger partial charge in [0.1, 0.15) is 0 Å². The van der Waals surface area contributed by atoms with E-state index >= 15 is 0 Å². The van der Waals surface area contributed by atoms with E-state index < -0.39 is 0 Å². The van der Waals surface area contributed by atoms with Crippen LogP contribution in [0.3, 0.4) is 0 Å². The van der Waals surface area contributed by atoms with E-state index in [0.717, 1.165) is 43.4 Å². The van der Waals surface area contributed by atoms with E-state index in [-0.39, 0.29) is 18.0 Å². The van der Waals surface area contributed by atoms with Gasteiger partial charge in [0.25, 0.3) is 5.56 Å². The minimum absolute atomic E-state index is 0. The summed E-state index contributed by atoms with van der Waals surface area (Å²) in [6, 6.07) is 6.49. The number of fused-ring (bicyclic) bond motifs is 3. The van der Waals surface area contributed by atoms with Crippen LogP contribution in [0.15, 0.2) is 23.0 Å². The van der Waals surface area contributed by atoms with Gasteiger partial charge in [-0.25, -0.2) is 0 Å². The molecular weight excluding hydrogens is 284 g/mol. The van der Waals surface area contributed by atoms with Gasteiger partial charge in [0, 0.05) is 29.7 Å². The molecule has 0 fully saturated rings. The molecule has 1 aliphatic rings. The van der Waals surface area contributed by atoms with E-state index in [4.69, 9.17) is 0 Å². The molecule has 0 saturated carbocycles. The molecule has 3 nitrogen and oxygen atoms in total. The Kier molecular flexibility index (Phi) is 4.94.